The Morgan fingerprint density at radius 3 is 2.04 bits per heavy atom. The highest BCUT2D eigenvalue weighted by molar-refractivity contribution is 5.85. The fraction of sp³-hybridized carbons (Fsp3) is 0.857. The number of hydrogen-bond acceptors (Lipinski definition) is 3. The molecule has 0 aromatic carbocycles. The van der Waals surface area contributed by atoms with E-state index in [9.17, 15) is 14.4 Å². The number of carbonyl (C=O) groups excluding carboxylic acids is 3. The Morgan fingerprint density at radius 1 is 0.852 bits per heavy atom. The maximum Gasteiger partial charge on any atom is 0.239 e. The Bertz CT molecular complexity index is 562. The van der Waals surface area contributed by atoms with Crippen molar-refractivity contribution in [3.63, 3.8) is 0 Å². The minimum atomic E-state index is -0.205. The smallest absolute Gasteiger partial charge is 0.239 e. The summed E-state index contributed by atoms with van der Waals surface area (Å²) in [4.78, 5) is 38.2. The molecule has 0 unspecified atom stereocenters. The van der Waals surface area contributed by atoms with Gasteiger partial charge in [0.1, 0.15) is 0 Å². The van der Waals surface area contributed by atoms with Crippen molar-refractivity contribution in [1.29, 1.82) is 0 Å². The SMILES string of the molecule is O=C(CNC(=O)CC12CC3CC(CC(C3)C1)C2)NCCC(=O)N1CCCC1. The highest BCUT2D eigenvalue weighted by atomic mass is 16.2. The zero-order valence-corrected chi connectivity index (χ0v) is 16.3. The molecule has 0 spiro atoms. The fourth-order valence-electron chi connectivity index (χ4n) is 6.58. The Balaban J connectivity index is 1.14. The van der Waals surface area contributed by atoms with E-state index in [4.69, 9.17) is 0 Å². The molecule has 6 heteroatoms. The van der Waals surface area contributed by atoms with Gasteiger partial charge in [0.25, 0.3) is 0 Å². The highest BCUT2D eigenvalue weighted by Crippen LogP contribution is 2.61. The Labute approximate surface area is 161 Å². The molecule has 4 saturated carbocycles. The predicted molar refractivity (Wildman–Crippen MR) is 102 cm³/mol. The monoisotopic (exact) mass is 375 g/mol. The molecule has 0 aromatic heterocycles. The normalized spacial score (nSPS) is 33.9. The molecule has 3 amide bonds. The van der Waals surface area contributed by atoms with E-state index in [1.165, 1.54) is 38.5 Å². The summed E-state index contributed by atoms with van der Waals surface area (Å²) < 4.78 is 0. The third-order valence-corrected chi connectivity index (χ3v) is 7.27. The lowest BCUT2D eigenvalue weighted by Crippen LogP contribution is -2.48. The number of rotatable bonds is 7. The van der Waals surface area contributed by atoms with Crippen LogP contribution in [0.4, 0.5) is 0 Å². The molecule has 5 fully saturated rings. The third-order valence-electron chi connectivity index (χ3n) is 7.27. The fourth-order valence-corrected chi connectivity index (χ4v) is 6.58. The summed E-state index contributed by atoms with van der Waals surface area (Å²) >= 11 is 0. The number of nitrogens with zero attached hydrogens (tertiary/aromatic N) is 1. The molecule has 150 valence electrons. The van der Waals surface area contributed by atoms with Gasteiger partial charge >= 0.3 is 0 Å². The molecule has 0 radical (unpaired) electrons. The molecular formula is C21H33N3O3. The van der Waals surface area contributed by atoms with Crippen molar-refractivity contribution in [3.8, 4) is 0 Å². The number of nitrogens with one attached hydrogen (secondary N) is 2. The van der Waals surface area contributed by atoms with Crippen LogP contribution in [0.3, 0.4) is 0 Å². The molecule has 1 saturated heterocycles. The zero-order chi connectivity index (χ0) is 18.9. The molecule has 0 aromatic rings. The van der Waals surface area contributed by atoms with Crippen LogP contribution in [0, 0.1) is 23.2 Å². The predicted octanol–water partition coefficient (Wildman–Crippen LogP) is 1.84. The van der Waals surface area contributed by atoms with Crippen LogP contribution in [-0.4, -0.2) is 48.8 Å². The van der Waals surface area contributed by atoms with Gasteiger partial charge in [-0.05, 0) is 74.5 Å². The van der Waals surface area contributed by atoms with Gasteiger partial charge in [-0.3, -0.25) is 14.4 Å². The second-order valence-corrected chi connectivity index (χ2v) is 9.56. The van der Waals surface area contributed by atoms with Crippen LogP contribution in [0.15, 0.2) is 0 Å². The van der Waals surface area contributed by atoms with Gasteiger partial charge in [-0.1, -0.05) is 0 Å². The molecule has 1 heterocycles. The molecular weight excluding hydrogens is 342 g/mol. The van der Waals surface area contributed by atoms with Gasteiger partial charge in [0.2, 0.25) is 17.7 Å². The van der Waals surface area contributed by atoms with Crippen LogP contribution in [0.25, 0.3) is 0 Å². The lowest BCUT2D eigenvalue weighted by atomic mass is 9.49. The number of amides is 3. The molecule has 5 aliphatic rings. The van der Waals surface area contributed by atoms with E-state index in [-0.39, 0.29) is 29.7 Å². The van der Waals surface area contributed by atoms with Gasteiger partial charge in [-0.2, -0.15) is 0 Å². The van der Waals surface area contributed by atoms with E-state index in [0.29, 0.717) is 19.4 Å². The highest BCUT2D eigenvalue weighted by Gasteiger charge is 2.51. The van der Waals surface area contributed by atoms with Crippen molar-refractivity contribution in [2.45, 2.75) is 64.2 Å². The summed E-state index contributed by atoms with van der Waals surface area (Å²) in [6.07, 6.45) is 10.8. The summed E-state index contributed by atoms with van der Waals surface area (Å²) in [5.41, 5.74) is 0.206. The Morgan fingerprint density at radius 2 is 1.44 bits per heavy atom. The molecule has 27 heavy (non-hydrogen) atoms. The largest absolute Gasteiger partial charge is 0.354 e. The second kappa shape index (κ2) is 7.80. The van der Waals surface area contributed by atoms with Crippen LogP contribution >= 0.6 is 0 Å². The van der Waals surface area contributed by atoms with Crippen molar-refractivity contribution >= 4 is 17.7 Å². The maximum atomic E-state index is 12.4. The van der Waals surface area contributed by atoms with E-state index >= 15 is 0 Å². The lowest BCUT2D eigenvalue weighted by molar-refractivity contribution is -0.132. The summed E-state index contributed by atoms with van der Waals surface area (Å²) in [7, 11) is 0. The average molecular weight is 376 g/mol. The molecule has 4 bridgehead atoms. The quantitative estimate of drug-likeness (QED) is 0.713. The van der Waals surface area contributed by atoms with Crippen molar-refractivity contribution < 1.29 is 14.4 Å². The van der Waals surface area contributed by atoms with Crippen LogP contribution in [0.5, 0.6) is 0 Å². The zero-order valence-electron chi connectivity index (χ0n) is 16.3. The van der Waals surface area contributed by atoms with Gasteiger partial charge in [-0.15, -0.1) is 0 Å². The maximum absolute atomic E-state index is 12.4. The van der Waals surface area contributed by atoms with Crippen molar-refractivity contribution in [2.24, 2.45) is 23.2 Å². The van der Waals surface area contributed by atoms with Gasteiger partial charge in [-0.25, -0.2) is 0 Å². The van der Waals surface area contributed by atoms with Crippen molar-refractivity contribution in [3.05, 3.63) is 0 Å². The van der Waals surface area contributed by atoms with E-state index in [1.54, 1.807) is 0 Å². The van der Waals surface area contributed by atoms with Gasteiger partial charge in [0.15, 0.2) is 0 Å². The summed E-state index contributed by atoms with van der Waals surface area (Å²) in [5, 5.41) is 5.56. The van der Waals surface area contributed by atoms with Gasteiger partial charge < -0.3 is 15.5 Å². The van der Waals surface area contributed by atoms with Crippen LogP contribution in [0.1, 0.15) is 64.2 Å². The Hall–Kier alpha value is -1.59. The van der Waals surface area contributed by atoms with E-state index in [1.807, 2.05) is 4.90 Å². The molecule has 1 aliphatic heterocycles. The molecule has 5 rings (SSSR count). The van der Waals surface area contributed by atoms with Crippen molar-refractivity contribution in [2.75, 3.05) is 26.2 Å². The van der Waals surface area contributed by atoms with Crippen LogP contribution < -0.4 is 10.6 Å². The summed E-state index contributed by atoms with van der Waals surface area (Å²) in [5.74, 6) is 2.42. The van der Waals surface area contributed by atoms with Crippen LogP contribution in [0.2, 0.25) is 0 Å². The van der Waals surface area contributed by atoms with E-state index in [2.05, 4.69) is 10.6 Å². The topological polar surface area (TPSA) is 78.5 Å². The molecule has 6 nitrogen and oxygen atoms in total. The molecule has 4 aliphatic carbocycles. The lowest BCUT2D eigenvalue weighted by Gasteiger charge is -2.56. The molecule has 2 N–H and O–H groups in total. The minimum absolute atomic E-state index is 0.0141. The number of hydrogen-bond donors (Lipinski definition) is 2. The first-order valence-electron chi connectivity index (χ1n) is 10.8. The number of carbonyl (C=O) groups is 3. The standard InChI is InChI=1S/C21H33N3O3/c25-18(13-21-10-15-7-16(11-21)9-17(8-15)12-21)23-14-19(26)22-4-3-20(27)24-5-1-2-6-24/h15-17H,1-14H2,(H,22,26)(H,23,25). The summed E-state index contributed by atoms with van der Waals surface area (Å²) in [6.45, 7) is 2.04. The van der Waals surface area contributed by atoms with Crippen LogP contribution in [-0.2, 0) is 14.4 Å². The van der Waals surface area contributed by atoms with Crippen molar-refractivity contribution in [1.82, 2.24) is 15.5 Å². The van der Waals surface area contributed by atoms with Gasteiger partial charge in [0, 0.05) is 32.5 Å². The molecule has 0 atom stereocenters. The Kier molecular flexibility index (Phi) is 5.42. The minimum Gasteiger partial charge on any atom is -0.354 e. The third kappa shape index (κ3) is 4.46. The number of likely N-dealkylation sites (tertiary alicyclic amines) is 1. The summed E-state index contributed by atoms with van der Waals surface area (Å²) in [6, 6.07) is 0. The average Bonchev–Trinajstić information content (AvgIpc) is 3.13. The first kappa shape index (κ1) is 18.8. The second-order valence-electron chi connectivity index (χ2n) is 9.56. The first-order chi connectivity index (χ1) is 13.0. The van der Waals surface area contributed by atoms with Gasteiger partial charge in [0.05, 0.1) is 6.54 Å². The van der Waals surface area contributed by atoms with E-state index in [0.717, 1.165) is 43.7 Å². The first-order valence-corrected chi connectivity index (χ1v) is 10.8. The van der Waals surface area contributed by atoms with E-state index < -0.39 is 0 Å².